The maximum Gasteiger partial charge on any atom is 0.408 e. The molecule has 5 nitrogen and oxygen atoms in total. The van der Waals surface area contributed by atoms with E-state index >= 15 is 0 Å². The largest absolute Gasteiger partial charge is 0.480 e. The lowest BCUT2D eigenvalue weighted by atomic mass is 10.1. The van der Waals surface area contributed by atoms with Crippen LogP contribution in [0.3, 0.4) is 0 Å². The highest BCUT2D eigenvalue weighted by Gasteiger charge is 2.24. The number of carbonyl (C=O) groups is 2. The van der Waals surface area contributed by atoms with Crippen molar-refractivity contribution in [2.45, 2.75) is 38.8 Å². The maximum absolute atomic E-state index is 13.3. The molecule has 21 heavy (non-hydrogen) atoms. The van der Waals surface area contributed by atoms with Crippen LogP contribution >= 0.6 is 15.9 Å². The molecule has 0 saturated carbocycles. The molecule has 1 rings (SSSR count). The lowest BCUT2D eigenvalue weighted by molar-refractivity contribution is -0.139. The molecule has 116 valence electrons. The lowest BCUT2D eigenvalue weighted by Crippen LogP contribution is -2.44. The van der Waals surface area contributed by atoms with E-state index < -0.39 is 29.5 Å². The van der Waals surface area contributed by atoms with Crippen molar-refractivity contribution in [2.24, 2.45) is 0 Å². The molecule has 1 amide bonds. The fourth-order valence-electron chi connectivity index (χ4n) is 1.61. The SMILES string of the molecule is CC(C)(C)OC(=O)N[C@H](Cc1cc(F)cc(Br)c1)C(=O)O. The minimum Gasteiger partial charge on any atom is -0.480 e. The highest BCUT2D eigenvalue weighted by Crippen LogP contribution is 2.16. The van der Waals surface area contributed by atoms with Crippen LogP contribution in [0, 0.1) is 5.82 Å². The summed E-state index contributed by atoms with van der Waals surface area (Å²) in [5.41, 5.74) is -0.278. The molecule has 0 bridgehead atoms. The monoisotopic (exact) mass is 361 g/mol. The maximum atomic E-state index is 13.3. The molecule has 0 aromatic heterocycles. The van der Waals surface area contributed by atoms with Gasteiger partial charge >= 0.3 is 12.1 Å². The molecule has 7 heteroatoms. The van der Waals surface area contributed by atoms with Crippen LogP contribution in [0.15, 0.2) is 22.7 Å². The first kappa shape index (κ1) is 17.4. The van der Waals surface area contributed by atoms with Crippen molar-refractivity contribution < 1.29 is 23.8 Å². The molecule has 0 fully saturated rings. The molecule has 0 saturated heterocycles. The average molecular weight is 362 g/mol. The Morgan fingerprint density at radius 1 is 1.38 bits per heavy atom. The highest BCUT2D eigenvalue weighted by molar-refractivity contribution is 9.10. The molecule has 0 spiro atoms. The summed E-state index contributed by atoms with van der Waals surface area (Å²) in [7, 11) is 0. The predicted molar refractivity (Wildman–Crippen MR) is 78.6 cm³/mol. The summed E-state index contributed by atoms with van der Waals surface area (Å²) in [6.07, 6.45) is -0.879. The Hall–Kier alpha value is -1.63. The molecular formula is C14H17BrFNO4. The normalized spacial score (nSPS) is 12.6. The highest BCUT2D eigenvalue weighted by atomic mass is 79.9. The average Bonchev–Trinajstić information content (AvgIpc) is 2.23. The van der Waals surface area contributed by atoms with Crippen LogP contribution in [0.5, 0.6) is 0 Å². The van der Waals surface area contributed by atoms with Crippen molar-refractivity contribution in [1.29, 1.82) is 0 Å². The first-order valence-electron chi connectivity index (χ1n) is 6.24. The molecule has 1 aromatic rings. The van der Waals surface area contributed by atoms with Crippen molar-refractivity contribution in [3.8, 4) is 0 Å². The van der Waals surface area contributed by atoms with Crippen molar-refractivity contribution in [3.05, 3.63) is 34.1 Å². The van der Waals surface area contributed by atoms with Gasteiger partial charge in [-0.25, -0.2) is 14.0 Å². The molecule has 1 atom stereocenters. The third-order valence-corrected chi connectivity index (χ3v) is 2.81. The van der Waals surface area contributed by atoms with Gasteiger partial charge in [0.2, 0.25) is 0 Å². The number of rotatable bonds is 4. The molecule has 0 aliphatic heterocycles. The Morgan fingerprint density at radius 2 is 2.00 bits per heavy atom. The Labute approximate surface area is 130 Å². The number of nitrogens with one attached hydrogen (secondary N) is 1. The van der Waals surface area contributed by atoms with E-state index in [1.165, 1.54) is 12.1 Å². The van der Waals surface area contributed by atoms with E-state index in [1.54, 1.807) is 26.8 Å². The molecule has 0 aliphatic carbocycles. The summed E-state index contributed by atoms with van der Waals surface area (Å²) in [6.45, 7) is 5.02. The number of carboxylic acids is 1. The predicted octanol–water partition coefficient (Wildman–Crippen LogP) is 3.11. The zero-order chi connectivity index (χ0) is 16.2. The van der Waals surface area contributed by atoms with E-state index in [4.69, 9.17) is 9.84 Å². The molecule has 0 aliphatic rings. The third kappa shape index (κ3) is 6.57. The van der Waals surface area contributed by atoms with Gasteiger partial charge in [0.25, 0.3) is 0 Å². The number of aliphatic carboxylic acids is 1. The Bertz CT molecular complexity index is 522. The summed E-state index contributed by atoms with van der Waals surface area (Å²) < 4.78 is 18.8. The van der Waals surface area contributed by atoms with Crippen LogP contribution in [0.1, 0.15) is 26.3 Å². The molecule has 0 unspecified atom stereocenters. The number of ether oxygens (including phenoxy) is 1. The minimum absolute atomic E-state index is 0.0507. The second-order valence-corrected chi connectivity index (χ2v) is 6.43. The Balaban J connectivity index is 2.78. The van der Waals surface area contributed by atoms with Crippen molar-refractivity contribution in [1.82, 2.24) is 5.32 Å². The summed E-state index contributed by atoms with van der Waals surface area (Å²) in [6, 6.07) is 2.88. The van der Waals surface area contributed by atoms with Gasteiger partial charge in [-0.2, -0.15) is 0 Å². The van der Waals surface area contributed by atoms with Gasteiger partial charge in [0.15, 0.2) is 0 Å². The van der Waals surface area contributed by atoms with Gasteiger partial charge in [0.05, 0.1) is 0 Å². The smallest absolute Gasteiger partial charge is 0.408 e. The number of hydrogen-bond donors (Lipinski definition) is 2. The fraction of sp³-hybridized carbons (Fsp3) is 0.429. The fourth-order valence-corrected chi connectivity index (χ4v) is 2.13. The van der Waals surface area contributed by atoms with Gasteiger partial charge < -0.3 is 15.2 Å². The first-order chi connectivity index (χ1) is 9.56. The number of amides is 1. The van der Waals surface area contributed by atoms with Crippen LogP contribution in [0.2, 0.25) is 0 Å². The van der Waals surface area contributed by atoms with Gasteiger partial charge in [-0.05, 0) is 44.5 Å². The molecule has 1 aromatic carbocycles. The van der Waals surface area contributed by atoms with Gasteiger partial charge in [0.1, 0.15) is 17.5 Å². The number of hydrogen-bond acceptors (Lipinski definition) is 3. The van der Waals surface area contributed by atoms with Crippen LogP contribution in [-0.4, -0.2) is 28.8 Å². The number of benzene rings is 1. The lowest BCUT2D eigenvalue weighted by Gasteiger charge is -2.22. The molecular weight excluding hydrogens is 345 g/mol. The van der Waals surface area contributed by atoms with Crippen molar-refractivity contribution >= 4 is 28.0 Å². The van der Waals surface area contributed by atoms with Crippen LogP contribution in [0.4, 0.5) is 9.18 Å². The summed E-state index contributed by atoms with van der Waals surface area (Å²) in [5, 5.41) is 11.4. The van der Waals surface area contributed by atoms with Gasteiger partial charge in [0, 0.05) is 10.9 Å². The number of carboxylic acid groups (broad SMARTS) is 1. The molecule has 0 radical (unpaired) electrons. The summed E-state index contributed by atoms with van der Waals surface area (Å²) in [5.74, 6) is -1.71. The Morgan fingerprint density at radius 3 is 2.48 bits per heavy atom. The van der Waals surface area contributed by atoms with E-state index in [0.29, 0.717) is 10.0 Å². The van der Waals surface area contributed by atoms with Crippen LogP contribution in [-0.2, 0) is 16.0 Å². The van der Waals surface area contributed by atoms with E-state index in [-0.39, 0.29) is 6.42 Å². The summed E-state index contributed by atoms with van der Waals surface area (Å²) in [4.78, 5) is 22.8. The topological polar surface area (TPSA) is 75.6 Å². The molecule has 2 N–H and O–H groups in total. The number of alkyl carbamates (subject to hydrolysis) is 1. The molecule has 0 heterocycles. The van der Waals surface area contributed by atoms with Crippen molar-refractivity contribution in [2.75, 3.05) is 0 Å². The number of halogens is 2. The van der Waals surface area contributed by atoms with E-state index in [1.807, 2.05) is 0 Å². The minimum atomic E-state index is -1.22. The van der Waals surface area contributed by atoms with E-state index in [0.717, 1.165) is 0 Å². The van der Waals surface area contributed by atoms with E-state index in [9.17, 15) is 14.0 Å². The second kappa shape index (κ2) is 6.89. The zero-order valence-corrected chi connectivity index (χ0v) is 13.5. The first-order valence-corrected chi connectivity index (χ1v) is 7.03. The zero-order valence-electron chi connectivity index (χ0n) is 11.9. The Kier molecular flexibility index (Phi) is 5.71. The standard InChI is InChI=1S/C14H17BrFNO4/c1-14(2,3)21-13(20)17-11(12(18)19)6-8-4-9(15)7-10(16)5-8/h4-5,7,11H,6H2,1-3H3,(H,17,20)(H,18,19)/t11-/m1/s1. The van der Waals surface area contributed by atoms with Crippen molar-refractivity contribution in [3.63, 3.8) is 0 Å². The summed E-state index contributed by atoms with van der Waals surface area (Å²) >= 11 is 3.13. The van der Waals surface area contributed by atoms with E-state index in [2.05, 4.69) is 21.2 Å². The van der Waals surface area contributed by atoms with Gasteiger partial charge in [-0.1, -0.05) is 15.9 Å². The van der Waals surface area contributed by atoms with Crippen LogP contribution < -0.4 is 5.32 Å². The van der Waals surface area contributed by atoms with Gasteiger partial charge in [-0.3, -0.25) is 0 Å². The third-order valence-electron chi connectivity index (χ3n) is 2.35. The van der Waals surface area contributed by atoms with Gasteiger partial charge in [-0.15, -0.1) is 0 Å². The second-order valence-electron chi connectivity index (χ2n) is 5.52. The quantitative estimate of drug-likeness (QED) is 0.863. The number of carbonyl (C=O) groups excluding carboxylic acids is 1. The van der Waals surface area contributed by atoms with Crippen LogP contribution in [0.25, 0.3) is 0 Å².